The lowest BCUT2D eigenvalue weighted by molar-refractivity contribution is 0.469. The van der Waals surface area contributed by atoms with Gasteiger partial charge in [0.1, 0.15) is 17.3 Å². The Balaban J connectivity index is 2.58. The van der Waals surface area contributed by atoms with Gasteiger partial charge in [-0.3, -0.25) is 0 Å². The molecule has 0 aliphatic rings. The quantitative estimate of drug-likeness (QED) is 0.668. The summed E-state index contributed by atoms with van der Waals surface area (Å²) in [6.07, 6.45) is 0. The van der Waals surface area contributed by atoms with Crippen molar-refractivity contribution in [2.75, 3.05) is 5.73 Å². The summed E-state index contributed by atoms with van der Waals surface area (Å²) in [7, 11) is 0. The summed E-state index contributed by atoms with van der Waals surface area (Å²) >= 11 is 0. The number of aromatic nitrogens is 2. The van der Waals surface area contributed by atoms with Gasteiger partial charge in [-0.25, -0.2) is 4.68 Å². The maximum absolute atomic E-state index is 9.65. The van der Waals surface area contributed by atoms with Crippen molar-refractivity contribution in [3.05, 3.63) is 36.0 Å². The Labute approximate surface area is 86.9 Å². The maximum atomic E-state index is 9.65. The fourth-order valence-electron chi connectivity index (χ4n) is 1.44. The van der Waals surface area contributed by atoms with Gasteiger partial charge in [0.05, 0.1) is 5.69 Å². The minimum absolute atomic E-state index is 0.148. The predicted molar refractivity (Wildman–Crippen MR) is 57.5 cm³/mol. The van der Waals surface area contributed by atoms with Crippen LogP contribution in [-0.4, -0.2) is 14.9 Å². The molecule has 0 saturated carbocycles. The largest absolute Gasteiger partial charge is 0.506 e. The van der Waals surface area contributed by atoms with Crippen LogP contribution in [0.2, 0.25) is 0 Å². The average molecular weight is 204 g/mol. The van der Waals surface area contributed by atoms with Crippen LogP contribution in [0.15, 0.2) is 30.3 Å². The van der Waals surface area contributed by atoms with Crippen molar-refractivity contribution in [1.82, 2.24) is 9.78 Å². The van der Waals surface area contributed by atoms with E-state index >= 15 is 0 Å². The standard InChI is InChI=1S/C10H12N4O/c11-6-7-5-10(12)13-14(7)8-3-1-2-4-9(8)15/h1-5,15H,6,11H2,(H2,12,13). The van der Waals surface area contributed by atoms with Gasteiger partial charge < -0.3 is 16.6 Å². The Morgan fingerprint density at radius 2 is 2.07 bits per heavy atom. The molecule has 0 bridgehead atoms. The van der Waals surface area contributed by atoms with Crippen LogP contribution < -0.4 is 11.5 Å². The first-order valence-corrected chi connectivity index (χ1v) is 4.55. The van der Waals surface area contributed by atoms with E-state index in [1.54, 1.807) is 28.9 Å². The van der Waals surface area contributed by atoms with E-state index in [1.165, 1.54) is 0 Å². The molecule has 0 amide bonds. The second kappa shape index (κ2) is 3.62. The van der Waals surface area contributed by atoms with Gasteiger partial charge >= 0.3 is 0 Å². The van der Waals surface area contributed by atoms with E-state index in [9.17, 15) is 5.11 Å². The monoisotopic (exact) mass is 204 g/mol. The summed E-state index contributed by atoms with van der Waals surface area (Å²) in [4.78, 5) is 0. The molecule has 0 aliphatic heterocycles. The number of nitrogens with zero attached hydrogens (tertiary/aromatic N) is 2. The molecule has 2 rings (SSSR count). The summed E-state index contributed by atoms with van der Waals surface area (Å²) in [5.74, 6) is 0.536. The van der Waals surface area contributed by atoms with E-state index in [1.807, 2.05) is 6.07 Å². The Bertz CT molecular complexity index is 478. The summed E-state index contributed by atoms with van der Waals surface area (Å²) < 4.78 is 1.55. The molecular weight excluding hydrogens is 192 g/mol. The molecule has 1 aromatic carbocycles. The highest BCUT2D eigenvalue weighted by molar-refractivity contribution is 5.47. The maximum Gasteiger partial charge on any atom is 0.146 e. The van der Waals surface area contributed by atoms with Gasteiger partial charge in [0.2, 0.25) is 0 Å². The number of hydrogen-bond acceptors (Lipinski definition) is 4. The Hall–Kier alpha value is -2.01. The van der Waals surface area contributed by atoms with Crippen LogP contribution in [0.4, 0.5) is 5.82 Å². The topological polar surface area (TPSA) is 90.1 Å². The number of hydrogen-bond donors (Lipinski definition) is 3. The Morgan fingerprint density at radius 3 is 2.73 bits per heavy atom. The van der Waals surface area contributed by atoms with Gasteiger partial charge in [-0.2, -0.15) is 5.10 Å². The lowest BCUT2D eigenvalue weighted by Crippen LogP contribution is -2.06. The van der Waals surface area contributed by atoms with Gasteiger partial charge in [0, 0.05) is 12.6 Å². The fourth-order valence-corrected chi connectivity index (χ4v) is 1.44. The second-order valence-corrected chi connectivity index (χ2v) is 3.17. The first-order valence-electron chi connectivity index (χ1n) is 4.55. The molecule has 0 spiro atoms. The van der Waals surface area contributed by atoms with Crippen LogP contribution in [0.25, 0.3) is 5.69 Å². The molecule has 0 atom stereocenters. The molecule has 2 aromatic rings. The third kappa shape index (κ3) is 1.64. The molecule has 0 fully saturated rings. The molecular formula is C10H12N4O. The lowest BCUT2D eigenvalue weighted by atomic mass is 10.3. The van der Waals surface area contributed by atoms with E-state index in [0.717, 1.165) is 5.69 Å². The highest BCUT2D eigenvalue weighted by atomic mass is 16.3. The van der Waals surface area contributed by atoms with E-state index in [-0.39, 0.29) is 5.75 Å². The van der Waals surface area contributed by atoms with E-state index < -0.39 is 0 Å². The van der Waals surface area contributed by atoms with Crippen molar-refractivity contribution < 1.29 is 5.11 Å². The summed E-state index contributed by atoms with van der Waals surface area (Å²) in [5, 5.41) is 13.7. The lowest BCUT2D eigenvalue weighted by Gasteiger charge is -2.06. The summed E-state index contributed by atoms with van der Waals surface area (Å²) in [6.45, 7) is 0.318. The van der Waals surface area contributed by atoms with E-state index in [0.29, 0.717) is 18.1 Å². The normalized spacial score (nSPS) is 10.5. The van der Waals surface area contributed by atoms with Crippen molar-refractivity contribution in [2.45, 2.75) is 6.54 Å². The molecule has 5 nitrogen and oxygen atoms in total. The summed E-state index contributed by atoms with van der Waals surface area (Å²) in [5.41, 5.74) is 12.5. The van der Waals surface area contributed by atoms with Crippen LogP contribution in [-0.2, 0) is 6.54 Å². The van der Waals surface area contributed by atoms with Gasteiger partial charge in [0.25, 0.3) is 0 Å². The Morgan fingerprint density at radius 1 is 1.33 bits per heavy atom. The molecule has 5 heteroatoms. The van der Waals surface area contributed by atoms with Gasteiger partial charge in [0.15, 0.2) is 0 Å². The van der Waals surface area contributed by atoms with Crippen LogP contribution in [0.1, 0.15) is 5.69 Å². The predicted octanol–water partition coefficient (Wildman–Crippen LogP) is 0.619. The zero-order valence-corrected chi connectivity index (χ0v) is 8.09. The van der Waals surface area contributed by atoms with Crippen molar-refractivity contribution >= 4 is 5.82 Å². The smallest absolute Gasteiger partial charge is 0.146 e. The molecule has 0 saturated heterocycles. The Kier molecular flexibility index (Phi) is 2.31. The van der Waals surface area contributed by atoms with Crippen LogP contribution in [0, 0.1) is 0 Å². The van der Waals surface area contributed by atoms with Crippen molar-refractivity contribution in [3.63, 3.8) is 0 Å². The number of phenols is 1. The zero-order valence-electron chi connectivity index (χ0n) is 8.09. The number of para-hydroxylation sites is 2. The van der Waals surface area contributed by atoms with Crippen LogP contribution in [0.3, 0.4) is 0 Å². The molecule has 0 radical (unpaired) electrons. The highest BCUT2D eigenvalue weighted by Gasteiger charge is 2.09. The minimum Gasteiger partial charge on any atom is -0.506 e. The zero-order chi connectivity index (χ0) is 10.8. The molecule has 0 unspecified atom stereocenters. The van der Waals surface area contributed by atoms with Crippen molar-refractivity contribution in [3.8, 4) is 11.4 Å². The van der Waals surface area contributed by atoms with Crippen molar-refractivity contribution in [2.24, 2.45) is 5.73 Å². The number of nitrogens with two attached hydrogens (primary N) is 2. The number of benzene rings is 1. The first-order chi connectivity index (χ1) is 7.22. The first kappa shape index (κ1) is 9.54. The highest BCUT2D eigenvalue weighted by Crippen LogP contribution is 2.22. The summed E-state index contributed by atoms with van der Waals surface area (Å²) in [6, 6.07) is 8.59. The number of rotatable bonds is 2. The fraction of sp³-hybridized carbons (Fsp3) is 0.100. The van der Waals surface area contributed by atoms with Gasteiger partial charge in [-0.05, 0) is 12.1 Å². The minimum atomic E-state index is 0.148. The molecule has 5 N–H and O–H groups in total. The molecule has 78 valence electrons. The molecule has 0 aliphatic carbocycles. The van der Waals surface area contributed by atoms with Crippen LogP contribution in [0.5, 0.6) is 5.75 Å². The molecule has 15 heavy (non-hydrogen) atoms. The third-order valence-corrected chi connectivity index (χ3v) is 2.12. The van der Waals surface area contributed by atoms with Crippen molar-refractivity contribution in [1.29, 1.82) is 0 Å². The molecule has 1 aromatic heterocycles. The van der Waals surface area contributed by atoms with E-state index in [2.05, 4.69) is 5.10 Å². The van der Waals surface area contributed by atoms with Gasteiger partial charge in [-0.1, -0.05) is 12.1 Å². The number of anilines is 1. The third-order valence-electron chi connectivity index (χ3n) is 2.12. The number of aromatic hydroxyl groups is 1. The average Bonchev–Trinajstić information content (AvgIpc) is 2.60. The van der Waals surface area contributed by atoms with Gasteiger partial charge in [-0.15, -0.1) is 0 Å². The number of phenolic OH excluding ortho intramolecular Hbond substituents is 1. The SMILES string of the molecule is NCc1cc(N)nn1-c1ccccc1O. The molecule has 1 heterocycles. The van der Waals surface area contributed by atoms with Crippen LogP contribution >= 0.6 is 0 Å². The number of nitrogen functional groups attached to an aromatic ring is 1. The van der Waals surface area contributed by atoms with E-state index in [4.69, 9.17) is 11.5 Å². The second-order valence-electron chi connectivity index (χ2n) is 3.17.